The third-order valence-electron chi connectivity index (χ3n) is 3.66. The van der Waals surface area contributed by atoms with Gasteiger partial charge in [-0.2, -0.15) is 0 Å². The first-order valence-corrected chi connectivity index (χ1v) is 8.47. The van der Waals surface area contributed by atoms with Crippen LogP contribution in [0.2, 0.25) is 0 Å². The van der Waals surface area contributed by atoms with E-state index in [-0.39, 0.29) is 38.1 Å². The monoisotopic (exact) mass is 384 g/mol. The zero-order valence-electron chi connectivity index (χ0n) is 13.1. The number of carbonyl (C=O) groups is 2. The van der Waals surface area contributed by atoms with Crippen molar-refractivity contribution in [2.45, 2.75) is 19.8 Å². The highest BCUT2D eigenvalue weighted by Crippen LogP contribution is 2.34. The zero-order valence-corrected chi connectivity index (χ0v) is 14.7. The number of unbranched alkanes of at least 4 members (excludes halogenated alkanes) is 1. The van der Waals surface area contributed by atoms with Gasteiger partial charge in [-0.05, 0) is 24.6 Å². The molecule has 1 aromatic carbocycles. The first-order chi connectivity index (χ1) is 11.1. The van der Waals surface area contributed by atoms with Crippen molar-refractivity contribution < 1.29 is 19.4 Å². The van der Waals surface area contributed by atoms with E-state index >= 15 is 0 Å². The van der Waals surface area contributed by atoms with Gasteiger partial charge in [-0.25, -0.2) is 0 Å². The molecular formula is C16H21BrN2O4. The van der Waals surface area contributed by atoms with E-state index in [9.17, 15) is 9.59 Å². The number of fused-ring (bicyclic) bond motifs is 1. The highest BCUT2D eigenvalue weighted by atomic mass is 79.9. The summed E-state index contributed by atoms with van der Waals surface area (Å²) in [5.41, 5.74) is 0.595. The molecule has 0 fully saturated rings. The Morgan fingerprint density at radius 1 is 1.43 bits per heavy atom. The number of nitrogens with zero attached hydrogens (tertiary/aromatic N) is 2. The lowest BCUT2D eigenvalue weighted by Gasteiger charge is -2.31. The van der Waals surface area contributed by atoms with Crippen molar-refractivity contribution in [1.82, 2.24) is 4.90 Å². The third kappa shape index (κ3) is 4.45. The number of aliphatic hydroxyl groups is 1. The van der Waals surface area contributed by atoms with Crippen molar-refractivity contribution >= 4 is 33.4 Å². The van der Waals surface area contributed by atoms with Gasteiger partial charge in [-0.3, -0.25) is 14.5 Å². The van der Waals surface area contributed by atoms with Crippen LogP contribution < -0.4 is 9.64 Å². The molecule has 0 unspecified atom stereocenters. The molecule has 0 saturated carbocycles. The minimum Gasteiger partial charge on any atom is -0.482 e. The van der Waals surface area contributed by atoms with Crippen molar-refractivity contribution in [3.8, 4) is 5.75 Å². The predicted octanol–water partition coefficient (Wildman–Crippen LogP) is 1.80. The molecule has 1 aliphatic rings. The molecule has 0 saturated heterocycles. The van der Waals surface area contributed by atoms with E-state index < -0.39 is 0 Å². The van der Waals surface area contributed by atoms with E-state index in [1.807, 2.05) is 6.92 Å². The second-order valence-electron chi connectivity index (χ2n) is 5.34. The number of aliphatic hydroxyl groups excluding tert-OH is 1. The van der Waals surface area contributed by atoms with E-state index in [4.69, 9.17) is 9.84 Å². The topological polar surface area (TPSA) is 70.1 Å². The van der Waals surface area contributed by atoms with Crippen LogP contribution in [0.15, 0.2) is 22.7 Å². The summed E-state index contributed by atoms with van der Waals surface area (Å²) in [5.74, 6) is 0.165. The molecule has 6 nitrogen and oxygen atoms in total. The minimum absolute atomic E-state index is 0.0411. The summed E-state index contributed by atoms with van der Waals surface area (Å²) in [7, 11) is 0. The van der Waals surface area contributed by atoms with Crippen molar-refractivity contribution in [3.05, 3.63) is 22.7 Å². The molecular weight excluding hydrogens is 364 g/mol. The zero-order chi connectivity index (χ0) is 16.8. The second-order valence-corrected chi connectivity index (χ2v) is 6.25. The fraction of sp³-hybridized carbons (Fsp3) is 0.500. The number of amides is 2. The summed E-state index contributed by atoms with van der Waals surface area (Å²) < 4.78 is 6.26. The van der Waals surface area contributed by atoms with Gasteiger partial charge in [0.15, 0.2) is 6.61 Å². The molecule has 126 valence electrons. The lowest BCUT2D eigenvalue weighted by atomic mass is 10.2. The molecule has 0 bridgehead atoms. The Balaban J connectivity index is 2.14. The van der Waals surface area contributed by atoms with Crippen LogP contribution in [-0.4, -0.2) is 54.7 Å². The number of hydrogen-bond donors (Lipinski definition) is 1. The Labute approximate surface area is 144 Å². The maximum Gasteiger partial charge on any atom is 0.265 e. The summed E-state index contributed by atoms with van der Waals surface area (Å²) >= 11 is 3.36. The smallest absolute Gasteiger partial charge is 0.265 e. The Morgan fingerprint density at radius 2 is 2.22 bits per heavy atom. The summed E-state index contributed by atoms with van der Waals surface area (Å²) in [5, 5.41) is 9.13. The molecule has 1 aliphatic heterocycles. The Morgan fingerprint density at radius 3 is 2.91 bits per heavy atom. The summed E-state index contributed by atoms with van der Waals surface area (Å²) in [6.07, 6.45) is 1.83. The lowest BCUT2D eigenvalue weighted by molar-refractivity contribution is -0.132. The maximum atomic E-state index is 12.5. The Bertz CT molecular complexity index is 579. The molecule has 2 rings (SSSR count). The van der Waals surface area contributed by atoms with Crippen LogP contribution in [0.3, 0.4) is 0 Å². The van der Waals surface area contributed by atoms with Crippen LogP contribution in [0.5, 0.6) is 5.75 Å². The first-order valence-electron chi connectivity index (χ1n) is 7.68. The molecule has 0 radical (unpaired) electrons. The molecule has 0 aromatic heterocycles. The van der Waals surface area contributed by atoms with E-state index in [1.165, 1.54) is 4.90 Å². The van der Waals surface area contributed by atoms with Crippen molar-refractivity contribution in [1.29, 1.82) is 0 Å². The highest BCUT2D eigenvalue weighted by Gasteiger charge is 2.28. The Kier molecular flexibility index (Phi) is 6.41. The van der Waals surface area contributed by atoms with Crippen LogP contribution in [0.25, 0.3) is 0 Å². The molecule has 2 amide bonds. The number of carbonyl (C=O) groups excluding carboxylic acids is 2. The largest absolute Gasteiger partial charge is 0.482 e. The fourth-order valence-corrected chi connectivity index (χ4v) is 2.76. The van der Waals surface area contributed by atoms with Gasteiger partial charge < -0.3 is 14.7 Å². The summed E-state index contributed by atoms with van der Waals surface area (Å²) in [4.78, 5) is 27.7. The van der Waals surface area contributed by atoms with Gasteiger partial charge in [0.2, 0.25) is 5.91 Å². The van der Waals surface area contributed by atoms with Gasteiger partial charge in [-0.15, -0.1) is 0 Å². The molecule has 0 aliphatic carbocycles. The van der Waals surface area contributed by atoms with Crippen LogP contribution in [-0.2, 0) is 9.59 Å². The van der Waals surface area contributed by atoms with Gasteiger partial charge in [0.25, 0.3) is 5.91 Å². The Hall–Kier alpha value is -1.60. The van der Waals surface area contributed by atoms with Gasteiger partial charge >= 0.3 is 0 Å². The molecule has 7 heteroatoms. The fourth-order valence-electron chi connectivity index (χ4n) is 2.42. The standard InChI is InChI=1S/C16H21BrN2O4/c1-2-3-6-18(7-8-20)15(21)10-19-13-5-4-12(17)9-14(13)23-11-16(19)22/h4-5,9,20H,2-3,6-8,10-11H2,1H3. The van der Waals surface area contributed by atoms with E-state index in [2.05, 4.69) is 15.9 Å². The molecule has 0 atom stereocenters. The maximum absolute atomic E-state index is 12.5. The quantitative estimate of drug-likeness (QED) is 0.777. The average Bonchev–Trinajstić information content (AvgIpc) is 2.54. The number of benzene rings is 1. The van der Waals surface area contributed by atoms with Gasteiger partial charge in [0, 0.05) is 17.6 Å². The lowest BCUT2D eigenvalue weighted by Crippen LogP contribution is -2.47. The molecule has 1 N–H and O–H groups in total. The molecule has 23 heavy (non-hydrogen) atoms. The highest BCUT2D eigenvalue weighted by molar-refractivity contribution is 9.10. The second kappa shape index (κ2) is 8.31. The van der Waals surface area contributed by atoms with Crippen molar-refractivity contribution in [3.63, 3.8) is 0 Å². The van der Waals surface area contributed by atoms with Gasteiger partial charge in [-0.1, -0.05) is 29.3 Å². The minimum atomic E-state index is -0.243. The van der Waals surface area contributed by atoms with Crippen LogP contribution >= 0.6 is 15.9 Å². The number of ether oxygens (including phenoxy) is 1. The average molecular weight is 385 g/mol. The SMILES string of the molecule is CCCCN(CCO)C(=O)CN1C(=O)COc2cc(Br)ccc21. The number of rotatable bonds is 7. The predicted molar refractivity (Wildman–Crippen MR) is 90.6 cm³/mol. The summed E-state index contributed by atoms with van der Waals surface area (Å²) in [6, 6.07) is 5.34. The summed E-state index contributed by atoms with van der Waals surface area (Å²) in [6.45, 7) is 2.70. The van der Waals surface area contributed by atoms with Crippen LogP contribution in [0.4, 0.5) is 5.69 Å². The molecule has 1 heterocycles. The van der Waals surface area contributed by atoms with E-state index in [0.29, 0.717) is 18.0 Å². The van der Waals surface area contributed by atoms with Crippen molar-refractivity contribution in [2.75, 3.05) is 37.7 Å². The first kappa shape index (κ1) is 17.7. The van der Waals surface area contributed by atoms with E-state index in [1.54, 1.807) is 23.1 Å². The van der Waals surface area contributed by atoms with Crippen LogP contribution in [0, 0.1) is 0 Å². The number of halogens is 1. The van der Waals surface area contributed by atoms with Crippen molar-refractivity contribution in [2.24, 2.45) is 0 Å². The number of anilines is 1. The number of hydrogen-bond acceptors (Lipinski definition) is 4. The third-order valence-corrected chi connectivity index (χ3v) is 4.16. The molecule has 0 spiro atoms. The van der Waals surface area contributed by atoms with Gasteiger partial charge in [0.05, 0.1) is 12.3 Å². The van der Waals surface area contributed by atoms with Crippen LogP contribution in [0.1, 0.15) is 19.8 Å². The normalized spacial score (nSPS) is 13.5. The molecule has 1 aromatic rings. The van der Waals surface area contributed by atoms with E-state index in [0.717, 1.165) is 17.3 Å². The van der Waals surface area contributed by atoms with Gasteiger partial charge in [0.1, 0.15) is 12.3 Å².